The van der Waals surface area contributed by atoms with E-state index in [1.54, 1.807) is 18.2 Å². The van der Waals surface area contributed by atoms with Crippen LogP contribution in [0.1, 0.15) is 34.0 Å². The number of ether oxygens (including phenoxy) is 2. The van der Waals surface area contributed by atoms with Gasteiger partial charge in [-0.15, -0.1) is 0 Å². The van der Waals surface area contributed by atoms with Crippen molar-refractivity contribution in [3.63, 3.8) is 0 Å². The molecule has 3 aromatic rings. The monoisotopic (exact) mass is 425 g/mol. The Balaban J connectivity index is 1.79. The third-order valence-corrected chi connectivity index (χ3v) is 4.85. The molecule has 0 saturated heterocycles. The highest BCUT2D eigenvalue weighted by Gasteiger charge is 2.13. The molecular weight excluding hydrogens is 402 g/mol. The van der Waals surface area contributed by atoms with Crippen molar-refractivity contribution >= 4 is 23.3 Å². The summed E-state index contributed by atoms with van der Waals surface area (Å²) in [5.41, 5.74) is 3.94. The molecule has 0 saturated carbocycles. The number of nitrogens with one attached hydrogen (secondary N) is 1. The average Bonchev–Trinajstić information content (AvgIpc) is 2.73. The zero-order valence-electron chi connectivity index (χ0n) is 16.9. The molecule has 0 spiro atoms. The second-order valence-corrected chi connectivity index (χ2v) is 7.22. The Bertz CT molecular complexity index is 1020. The molecule has 0 fully saturated rings. The third-order valence-electron chi connectivity index (χ3n) is 4.60. The molecule has 5 nitrogen and oxygen atoms in total. The minimum Gasteiger partial charge on any atom is -0.490 e. The first-order valence-electron chi connectivity index (χ1n) is 9.67. The van der Waals surface area contributed by atoms with Gasteiger partial charge in [0.2, 0.25) is 0 Å². The van der Waals surface area contributed by atoms with Crippen LogP contribution in [0.15, 0.2) is 60.7 Å². The maximum absolute atomic E-state index is 11.1. The zero-order chi connectivity index (χ0) is 21.5. The number of hydrogen-bond acceptors (Lipinski definition) is 4. The largest absolute Gasteiger partial charge is 0.490 e. The number of carboxylic acid groups (broad SMARTS) is 1. The molecule has 0 radical (unpaired) electrons. The number of halogens is 1. The highest BCUT2D eigenvalue weighted by Crippen LogP contribution is 2.33. The molecule has 156 valence electrons. The Morgan fingerprint density at radius 2 is 1.83 bits per heavy atom. The van der Waals surface area contributed by atoms with E-state index in [4.69, 9.17) is 26.2 Å². The SMILES string of the molecule is CCOc1cccc(CNc2ccc(C(=O)O)cc2C)c1OCc1ccc(Cl)cc1. The van der Waals surface area contributed by atoms with E-state index in [1.165, 1.54) is 0 Å². The summed E-state index contributed by atoms with van der Waals surface area (Å²) in [6, 6.07) is 18.3. The highest BCUT2D eigenvalue weighted by molar-refractivity contribution is 6.30. The van der Waals surface area contributed by atoms with Gasteiger partial charge in [0.25, 0.3) is 0 Å². The summed E-state index contributed by atoms with van der Waals surface area (Å²) in [5.74, 6) is 0.428. The second kappa shape index (κ2) is 10.0. The van der Waals surface area contributed by atoms with Gasteiger partial charge in [-0.1, -0.05) is 35.9 Å². The van der Waals surface area contributed by atoms with Crippen molar-refractivity contribution in [1.29, 1.82) is 0 Å². The molecule has 2 N–H and O–H groups in total. The first kappa shape index (κ1) is 21.5. The number of hydrogen-bond donors (Lipinski definition) is 2. The van der Waals surface area contributed by atoms with Gasteiger partial charge in [-0.2, -0.15) is 0 Å². The second-order valence-electron chi connectivity index (χ2n) is 6.78. The Morgan fingerprint density at radius 1 is 1.07 bits per heavy atom. The predicted octanol–water partition coefficient (Wildman–Crippen LogP) is 5.94. The number of para-hydroxylation sites is 1. The molecule has 0 amide bonds. The van der Waals surface area contributed by atoms with Gasteiger partial charge in [0.1, 0.15) is 6.61 Å². The van der Waals surface area contributed by atoms with E-state index in [0.29, 0.717) is 36.3 Å². The molecular formula is C24H24ClNO4. The molecule has 0 aliphatic heterocycles. The molecule has 3 aromatic carbocycles. The summed E-state index contributed by atoms with van der Waals surface area (Å²) in [6.07, 6.45) is 0. The van der Waals surface area contributed by atoms with Gasteiger partial charge >= 0.3 is 5.97 Å². The number of rotatable bonds is 9. The average molecular weight is 426 g/mol. The normalized spacial score (nSPS) is 10.5. The summed E-state index contributed by atoms with van der Waals surface area (Å²) < 4.78 is 11.9. The van der Waals surface area contributed by atoms with E-state index >= 15 is 0 Å². The van der Waals surface area contributed by atoms with Crippen LogP contribution >= 0.6 is 11.6 Å². The van der Waals surface area contributed by atoms with Crippen molar-refractivity contribution in [1.82, 2.24) is 0 Å². The van der Waals surface area contributed by atoms with Crippen molar-refractivity contribution in [2.24, 2.45) is 0 Å². The quantitative estimate of drug-likeness (QED) is 0.444. The molecule has 0 unspecified atom stereocenters. The lowest BCUT2D eigenvalue weighted by Crippen LogP contribution is -2.07. The fraction of sp³-hybridized carbons (Fsp3) is 0.208. The summed E-state index contributed by atoms with van der Waals surface area (Å²) in [6.45, 7) is 5.24. The first-order chi connectivity index (χ1) is 14.5. The van der Waals surface area contributed by atoms with E-state index in [9.17, 15) is 4.79 Å². The molecule has 30 heavy (non-hydrogen) atoms. The van der Waals surface area contributed by atoms with Gasteiger partial charge in [-0.3, -0.25) is 0 Å². The lowest BCUT2D eigenvalue weighted by atomic mass is 10.1. The van der Waals surface area contributed by atoms with Gasteiger partial charge in [0, 0.05) is 22.8 Å². The van der Waals surface area contributed by atoms with Crippen LogP contribution in [-0.2, 0) is 13.2 Å². The summed E-state index contributed by atoms with van der Waals surface area (Å²) in [7, 11) is 0. The van der Waals surface area contributed by atoms with Crippen LogP contribution in [0.3, 0.4) is 0 Å². The van der Waals surface area contributed by atoms with Gasteiger partial charge in [0.05, 0.1) is 12.2 Å². The fourth-order valence-corrected chi connectivity index (χ4v) is 3.18. The van der Waals surface area contributed by atoms with Crippen molar-refractivity contribution in [2.45, 2.75) is 27.0 Å². The molecule has 0 aliphatic carbocycles. The number of carbonyl (C=O) groups is 1. The number of aromatic carboxylic acids is 1. The topological polar surface area (TPSA) is 67.8 Å². The Morgan fingerprint density at radius 3 is 2.50 bits per heavy atom. The smallest absolute Gasteiger partial charge is 0.335 e. The Labute approximate surface area is 181 Å². The van der Waals surface area contributed by atoms with Gasteiger partial charge < -0.3 is 19.9 Å². The van der Waals surface area contributed by atoms with Gasteiger partial charge in [-0.05, 0) is 61.4 Å². The highest BCUT2D eigenvalue weighted by atomic mass is 35.5. The minimum absolute atomic E-state index is 0.267. The number of aryl methyl sites for hydroxylation is 1. The van der Waals surface area contributed by atoms with E-state index < -0.39 is 5.97 Å². The van der Waals surface area contributed by atoms with Crippen LogP contribution < -0.4 is 14.8 Å². The molecule has 3 rings (SSSR count). The molecule has 0 heterocycles. The summed E-state index contributed by atoms with van der Waals surface area (Å²) in [4.78, 5) is 11.1. The van der Waals surface area contributed by atoms with E-state index in [1.807, 2.05) is 56.3 Å². The van der Waals surface area contributed by atoms with Crippen LogP contribution in [-0.4, -0.2) is 17.7 Å². The number of benzene rings is 3. The fourth-order valence-electron chi connectivity index (χ4n) is 3.06. The van der Waals surface area contributed by atoms with Crippen LogP contribution in [0, 0.1) is 6.92 Å². The van der Waals surface area contributed by atoms with Crippen LogP contribution in [0.4, 0.5) is 5.69 Å². The number of carboxylic acids is 1. The maximum Gasteiger partial charge on any atom is 0.335 e. The van der Waals surface area contributed by atoms with Crippen molar-refractivity contribution < 1.29 is 19.4 Å². The maximum atomic E-state index is 11.1. The minimum atomic E-state index is -0.938. The molecule has 0 atom stereocenters. The van der Waals surface area contributed by atoms with E-state index in [2.05, 4.69) is 5.32 Å². The van der Waals surface area contributed by atoms with Gasteiger partial charge in [-0.25, -0.2) is 4.79 Å². The van der Waals surface area contributed by atoms with Crippen molar-refractivity contribution in [3.8, 4) is 11.5 Å². The lowest BCUT2D eigenvalue weighted by Gasteiger charge is -2.17. The molecule has 0 aliphatic rings. The summed E-state index contributed by atoms with van der Waals surface area (Å²) >= 11 is 5.96. The standard InChI is InChI=1S/C24H24ClNO4/c1-3-29-22-6-4-5-19(23(22)30-15-17-7-10-20(25)11-8-17)14-26-21-12-9-18(24(27)28)13-16(21)2/h4-13,26H,3,14-15H2,1-2H3,(H,27,28). The predicted molar refractivity (Wildman–Crippen MR) is 119 cm³/mol. The van der Waals surface area contributed by atoms with E-state index in [-0.39, 0.29) is 5.56 Å². The van der Waals surface area contributed by atoms with Gasteiger partial charge in [0.15, 0.2) is 11.5 Å². The molecule has 0 bridgehead atoms. The third kappa shape index (κ3) is 5.45. The van der Waals surface area contributed by atoms with Crippen LogP contribution in [0.2, 0.25) is 5.02 Å². The molecule has 0 aromatic heterocycles. The Kier molecular flexibility index (Phi) is 7.20. The van der Waals surface area contributed by atoms with Crippen LogP contribution in [0.5, 0.6) is 11.5 Å². The van der Waals surface area contributed by atoms with E-state index in [0.717, 1.165) is 22.4 Å². The summed E-state index contributed by atoms with van der Waals surface area (Å²) in [5, 5.41) is 13.2. The molecule has 6 heteroatoms. The Hall–Kier alpha value is -3.18. The van der Waals surface area contributed by atoms with Crippen molar-refractivity contribution in [3.05, 3.63) is 87.9 Å². The zero-order valence-corrected chi connectivity index (χ0v) is 17.7. The van der Waals surface area contributed by atoms with Crippen molar-refractivity contribution in [2.75, 3.05) is 11.9 Å². The first-order valence-corrected chi connectivity index (χ1v) is 10.1. The number of anilines is 1. The lowest BCUT2D eigenvalue weighted by molar-refractivity contribution is 0.0697. The van der Waals surface area contributed by atoms with Crippen LogP contribution in [0.25, 0.3) is 0 Å².